The van der Waals surface area contributed by atoms with Gasteiger partial charge in [0.1, 0.15) is 6.04 Å². The molecule has 0 spiro atoms. The van der Waals surface area contributed by atoms with Crippen LogP contribution in [-0.2, 0) is 24.0 Å². The molecular weight excluding hydrogens is 488 g/mol. The van der Waals surface area contributed by atoms with E-state index in [4.69, 9.17) is 5.73 Å². The molecule has 0 radical (unpaired) electrons. The minimum Gasteiger partial charge on any atom is -0.391 e. The number of hydrogen-bond acceptors (Lipinski definition) is 7. The van der Waals surface area contributed by atoms with Crippen LogP contribution in [0.1, 0.15) is 87.5 Å². The van der Waals surface area contributed by atoms with Gasteiger partial charge in [0.15, 0.2) is 11.6 Å². The fourth-order valence-electron chi connectivity index (χ4n) is 4.82. The van der Waals surface area contributed by atoms with E-state index in [0.717, 1.165) is 12.8 Å². The van der Waals surface area contributed by atoms with E-state index in [9.17, 15) is 29.1 Å². The summed E-state index contributed by atoms with van der Waals surface area (Å²) in [6, 6.07) is -2.87. The average Bonchev–Trinajstić information content (AvgIpc) is 3.34. The van der Waals surface area contributed by atoms with Gasteiger partial charge >= 0.3 is 0 Å². The molecule has 10 nitrogen and oxygen atoms in total. The van der Waals surface area contributed by atoms with Gasteiger partial charge in [-0.05, 0) is 50.9 Å². The molecule has 38 heavy (non-hydrogen) atoms. The number of likely N-dealkylation sites (tertiary alicyclic amines) is 1. The lowest BCUT2D eigenvalue weighted by Gasteiger charge is -2.30. The zero-order valence-electron chi connectivity index (χ0n) is 24.5. The van der Waals surface area contributed by atoms with Gasteiger partial charge in [0.25, 0.3) is 0 Å². The molecule has 0 aromatic heterocycles. The molecule has 218 valence electrons. The number of hydrogen-bond donors (Lipinski definition) is 4. The lowest BCUT2D eigenvalue weighted by Crippen LogP contribution is -2.55. The first-order chi connectivity index (χ1) is 17.6. The monoisotopic (exact) mass is 538 g/mol. The van der Waals surface area contributed by atoms with Crippen LogP contribution >= 0.6 is 0 Å². The number of ketones is 2. The van der Waals surface area contributed by atoms with Crippen LogP contribution < -0.4 is 16.4 Å². The molecule has 0 aromatic rings. The summed E-state index contributed by atoms with van der Waals surface area (Å²) in [5, 5.41) is 15.8. The quantitative estimate of drug-likeness (QED) is 0.230. The molecule has 0 bridgehead atoms. The zero-order valence-corrected chi connectivity index (χ0v) is 24.5. The first-order valence-electron chi connectivity index (χ1n) is 14.0. The Labute approximate surface area is 227 Å². The van der Waals surface area contributed by atoms with Crippen molar-refractivity contribution >= 4 is 29.3 Å². The smallest absolute Gasteiger partial charge is 0.245 e. The molecule has 5 N–H and O–H groups in total. The highest BCUT2D eigenvalue weighted by atomic mass is 16.3. The van der Waals surface area contributed by atoms with E-state index in [1.807, 2.05) is 27.7 Å². The third kappa shape index (κ3) is 9.45. The van der Waals surface area contributed by atoms with E-state index in [0.29, 0.717) is 19.4 Å². The molecule has 0 aliphatic carbocycles. The molecule has 3 amide bonds. The molecule has 10 heteroatoms. The Morgan fingerprint density at radius 3 is 2.13 bits per heavy atom. The van der Waals surface area contributed by atoms with E-state index in [-0.39, 0.29) is 35.9 Å². The molecule has 1 heterocycles. The minimum absolute atomic E-state index is 0.0248. The summed E-state index contributed by atoms with van der Waals surface area (Å²) in [5.41, 5.74) is 6.03. The number of nitrogens with zero attached hydrogens (tertiary/aromatic N) is 1. The Morgan fingerprint density at radius 2 is 1.63 bits per heavy atom. The van der Waals surface area contributed by atoms with Crippen LogP contribution in [0.2, 0.25) is 0 Å². The maximum Gasteiger partial charge on any atom is 0.245 e. The fraction of sp³-hybridized carbons (Fsp3) is 0.821. The van der Waals surface area contributed by atoms with Crippen molar-refractivity contribution in [3.8, 4) is 0 Å². The van der Waals surface area contributed by atoms with Gasteiger partial charge in [-0.3, -0.25) is 24.0 Å². The molecule has 0 saturated carbocycles. The Morgan fingerprint density at radius 1 is 1.03 bits per heavy atom. The summed E-state index contributed by atoms with van der Waals surface area (Å²) in [7, 11) is 0. The van der Waals surface area contributed by atoms with E-state index in [2.05, 4.69) is 10.6 Å². The van der Waals surface area contributed by atoms with Crippen molar-refractivity contribution < 1.29 is 29.1 Å². The number of carbonyl (C=O) groups is 5. The van der Waals surface area contributed by atoms with Gasteiger partial charge in [-0.25, -0.2) is 0 Å². The molecule has 1 rings (SSSR count). The Balaban J connectivity index is 2.94. The predicted molar refractivity (Wildman–Crippen MR) is 146 cm³/mol. The first kappa shape index (κ1) is 33.7. The number of amides is 3. The van der Waals surface area contributed by atoms with Gasteiger partial charge in [-0.1, -0.05) is 48.0 Å². The summed E-state index contributed by atoms with van der Waals surface area (Å²) < 4.78 is 0. The maximum absolute atomic E-state index is 13.3. The highest BCUT2D eigenvalue weighted by Gasteiger charge is 2.38. The van der Waals surface area contributed by atoms with Crippen molar-refractivity contribution in [3.63, 3.8) is 0 Å². The topological polar surface area (TPSA) is 159 Å². The summed E-state index contributed by atoms with van der Waals surface area (Å²) in [6.45, 7) is 14.6. The van der Waals surface area contributed by atoms with Crippen molar-refractivity contribution in [2.45, 2.75) is 118 Å². The lowest BCUT2D eigenvalue weighted by atomic mass is 9.90. The normalized spacial score (nSPS) is 20.4. The van der Waals surface area contributed by atoms with Crippen molar-refractivity contribution in [2.75, 3.05) is 6.54 Å². The second-order valence-corrected chi connectivity index (χ2v) is 11.6. The molecule has 7 atom stereocenters. The third-order valence-electron chi connectivity index (χ3n) is 7.58. The zero-order chi connectivity index (χ0) is 29.3. The van der Waals surface area contributed by atoms with E-state index >= 15 is 0 Å². The molecule has 1 aliphatic heterocycles. The summed E-state index contributed by atoms with van der Waals surface area (Å²) in [6.07, 6.45) is 1.14. The van der Waals surface area contributed by atoms with Gasteiger partial charge in [-0.15, -0.1) is 0 Å². The van der Waals surface area contributed by atoms with Gasteiger partial charge in [0, 0.05) is 12.6 Å². The Hall–Kier alpha value is -2.33. The van der Waals surface area contributed by atoms with Crippen LogP contribution in [0.4, 0.5) is 0 Å². The SMILES string of the molecule is CCC(C)C(N)C(O)CC(=O)NC(C(=O)C(C)C(=O)NC(CC(C)C)C(=O)N1CCCC1C(C)=O)C(C)C. The lowest BCUT2D eigenvalue weighted by molar-refractivity contribution is -0.143. The number of nitrogens with two attached hydrogens (primary N) is 1. The summed E-state index contributed by atoms with van der Waals surface area (Å²) >= 11 is 0. The van der Waals surface area contributed by atoms with Gasteiger partial charge < -0.3 is 26.4 Å². The molecule has 0 aromatic carbocycles. The number of carbonyl (C=O) groups excluding carboxylic acids is 5. The van der Waals surface area contributed by atoms with Crippen LogP contribution in [0, 0.1) is 23.7 Å². The highest BCUT2D eigenvalue weighted by molar-refractivity contribution is 6.05. The fourth-order valence-corrected chi connectivity index (χ4v) is 4.82. The maximum atomic E-state index is 13.3. The number of Topliss-reactive ketones (excluding diaryl/α,β-unsaturated/α-hetero) is 2. The molecule has 1 fully saturated rings. The molecular formula is C28H50N4O6. The second kappa shape index (κ2) is 15.3. The molecule has 1 aliphatic rings. The highest BCUT2D eigenvalue weighted by Crippen LogP contribution is 2.21. The molecule has 1 saturated heterocycles. The van der Waals surface area contributed by atoms with Crippen molar-refractivity contribution in [1.29, 1.82) is 0 Å². The Kier molecular flexibility index (Phi) is 13.6. The number of aliphatic hydroxyl groups excluding tert-OH is 1. The van der Waals surface area contributed by atoms with Crippen molar-refractivity contribution in [2.24, 2.45) is 29.4 Å². The van der Waals surface area contributed by atoms with Gasteiger partial charge in [0.05, 0.1) is 30.5 Å². The standard InChI is InChI=1S/C28H50N4O6/c1-9-17(6)24(29)22(34)14-23(35)31-25(16(4)5)26(36)18(7)27(37)30-20(13-15(2)3)28(38)32-12-10-11-21(32)19(8)33/h15-18,20-22,24-25,34H,9-14,29H2,1-8H3,(H,30,37)(H,31,35). The van der Waals surface area contributed by atoms with Crippen molar-refractivity contribution in [3.05, 3.63) is 0 Å². The van der Waals surface area contributed by atoms with Crippen LogP contribution in [-0.4, -0.2) is 76.1 Å². The number of nitrogens with one attached hydrogen (secondary N) is 2. The number of aliphatic hydroxyl groups is 1. The Bertz CT molecular complexity index is 845. The van der Waals surface area contributed by atoms with E-state index < -0.39 is 53.8 Å². The third-order valence-corrected chi connectivity index (χ3v) is 7.58. The summed E-state index contributed by atoms with van der Waals surface area (Å²) in [5.74, 6) is -3.33. The van der Waals surface area contributed by atoms with Crippen LogP contribution in [0.3, 0.4) is 0 Å². The van der Waals surface area contributed by atoms with Gasteiger partial charge in [-0.2, -0.15) is 0 Å². The van der Waals surface area contributed by atoms with Gasteiger partial charge in [0.2, 0.25) is 17.7 Å². The summed E-state index contributed by atoms with van der Waals surface area (Å²) in [4.78, 5) is 66.0. The average molecular weight is 539 g/mol. The predicted octanol–water partition coefficient (Wildman–Crippen LogP) is 1.57. The van der Waals surface area contributed by atoms with Crippen LogP contribution in [0.25, 0.3) is 0 Å². The minimum atomic E-state index is -1.13. The van der Waals surface area contributed by atoms with Crippen molar-refractivity contribution in [1.82, 2.24) is 15.5 Å². The molecule has 7 unspecified atom stereocenters. The van der Waals surface area contributed by atoms with E-state index in [1.165, 1.54) is 18.7 Å². The number of rotatable bonds is 15. The van der Waals surface area contributed by atoms with E-state index in [1.54, 1.807) is 13.8 Å². The largest absolute Gasteiger partial charge is 0.391 e. The second-order valence-electron chi connectivity index (χ2n) is 11.6. The van der Waals surface area contributed by atoms with Crippen LogP contribution in [0.5, 0.6) is 0 Å². The van der Waals surface area contributed by atoms with Crippen LogP contribution in [0.15, 0.2) is 0 Å². The first-order valence-corrected chi connectivity index (χ1v) is 14.0.